The molecule has 7 nitrogen and oxygen atoms in total. The van der Waals surface area contributed by atoms with Crippen molar-refractivity contribution in [1.29, 1.82) is 0 Å². The van der Waals surface area contributed by atoms with Crippen molar-refractivity contribution in [3.05, 3.63) is 65.5 Å². The SMILES string of the molecule is CC1=CCC[C@H]2[C@@]1(C)[C@@H](O)[C@H](OC(=O)c1cccnc1)[C@](C)(O)[C@]2(C)C=CC1=CC(=O)OC1. The molecule has 176 valence electrons. The van der Waals surface area contributed by atoms with Gasteiger partial charge in [-0.05, 0) is 50.3 Å². The number of aliphatic hydroxyl groups is 2. The van der Waals surface area contributed by atoms with E-state index in [0.29, 0.717) is 5.57 Å². The second-order valence-corrected chi connectivity index (χ2v) is 9.90. The Bertz CT molecular complexity index is 1040. The molecule has 0 radical (unpaired) electrons. The van der Waals surface area contributed by atoms with Gasteiger partial charge in [-0.1, -0.05) is 37.6 Å². The minimum Gasteiger partial charge on any atom is -0.458 e. The monoisotopic (exact) mass is 453 g/mol. The molecule has 1 aliphatic heterocycles. The summed E-state index contributed by atoms with van der Waals surface area (Å²) < 4.78 is 10.8. The van der Waals surface area contributed by atoms with Crippen molar-refractivity contribution in [2.45, 2.75) is 58.3 Å². The number of cyclic esters (lactones) is 1. The van der Waals surface area contributed by atoms with Crippen LogP contribution in [0.3, 0.4) is 0 Å². The fourth-order valence-electron chi connectivity index (χ4n) is 5.80. The first kappa shape index (κ1) is 23.4. The Morgan fingerprint density at radius 2 is 2.09 bits per heavy atom. The molecule has 1 aromatic rings. The molecule has 0 amide bonds. The van der Waals surface area contributed by atoms with E-state index in [-0.39, 0.29) is 18.1 Å². The molecule has 0 saturated heterocycles. The molecule has 0 spiro atoms. The largest absolute Gasteiger partial charge is 0.458 e. The second-order valence-electron chi connectivity index (χ2n) is 9.90. The van der Waals surface area contributed by atoms with E-state index in [1.807, 2.05) is 26.8 Å². The van der Waals surface area contributed by atoms with Gasteiger partial charge in [-0.25, -0.2) is 9.59 Å². The third kappa shape index (κ3) is 3.63. The number of carbonyl (C=O) groups is 2. The van der Waals surface area contributed by atoms with Crippen LogP contribution in [0.4, 0.5) is 0 Å². The maximum atomic E-state index is 12.9. The van der Waals surface area contributed by atoms with Crippen LogP contribution in [0.15, 0.2) is 60.0 Å². The Morgan fingerprint density at radius 1 is 1.33 bits per heavy atom. The van der Waals surface area contributed by atoms with Gasteiger partial charge in [0.25, 0.3) is 0 Å². The summed E-state index contributed by atoms with van der Waals surface area (Å²) in [7, 11) is 0. The molecule has 2 N–H and O–H groups in total. The van der Waals surface area contributed by atoms with E-state index in [4.69, 9.17) is 9.47 Å². The van der Waals surface area contributed by atoms with Crippen LogP contribution in [0.25, 0.3) is 0 Å². The minimum atomic E-state index is -1.60. The summed E-state index contributed by atoms with van der Waals surface area (Å²) in [5.41, 5.74) is -1.27. The zero-order valence-electron chi connectivity index (χ0n) is 19.4. The summed E-state index contributed by atoms with van der Waals surface area (Å²) in [6, 6.07) is 3.21. The fourth-order valence-corrected chi connectivity index (χ4v) is 5.80. The van der Waals surface area contributed by atoms with E-state index in [1.54, 1.807) is 31.3 Å². The maximum absolute atomic E-state index is 12.9. The van der Waals surface area contributed by atoms with Gasteiger partial charge in [-0.2, -0.15) is 0 Å². The smallest absolute Gasteiger partial charge is 0.340 e. The van der Waals surface area contributed by atoms with Gasteiger partial charge in [0, 0.05) is 29.3 Å². The molecule has 1 saturated carbocycles. The number of aromatic nitrogens is 1. The molecule has 1 fully saturated rings. The Balaban J connectivity index is 1.78. The number of pyridine rings is 1. The lowest BCUT2D eigenvalue weighted by Gasteiger charge is -2.64. The molecular weight excluding hydrogens is 422 g/mol. The van der Waals surface area contributed by atoms with Gasteiger partial charge in [0.1, 0.15) is 18.3 Å². The Morgan fingerprint density at radius 3 is 2.73 bits per heavy atom. The van der Waals surface area contributed by atoms with E-state index in [1.165, 1.54) is 12.3 Å². The van der Waals surface area contributed by atoms with Crippen molar-refractivity contribution in [2.75, 3.05) is 6.61 Å². The third-order valence-corrected chi connectivity index (χ3v) is 8.21. The van der Waals surface area contributed by atoms with Crippen LogP contribution in [0, 0.1) is 16.7 Å². The molecule has 7 heteroatoms. The Kier molecular flexibility index (Phi) is 5.83. The van der Waals surface area contributed by atoms with Crippen molar-refractivity contribution in [3.8, 4) is 0 Å². The van der Waals surface area contributed by atoms with Crippen LogP contribution in [0.5, 0.6) is 0 Å². The Hall–Kier alpha value is -2.77. The molecule has 0 unspecified atom stereocenters. The molecule has 0 aromatic carbocycles. The van der Waals surface area contributed by atoms with Gasteiger partial charge in [-0.15, -0.1) is 0 Å². The number of esters is 2. The highest BCUT2D eigenvalue weighted by Gasteiger charge is 2.68. The van der Waals surface area contributed by atoms with E-state index in [9.17, 15) is 19.8 Å². The lowest BCUT2D eigenvalue weighted by atomic mass is 9.44. The number of nitrogens with zero attached hydrogens (tertiary/aromatic N) is 1. The third-order valence-electron chi connectivity index (χ3n) is 8.21. The van der Waals surface area contributed by atoms with Crippen LogP contribution in [-0.4, -0.2) is 51.6 Å². The van der Waals surface area contributed by atoms with Gasteiger partial charge < -0.3 is 19.7 Å². The standard InChI is InChI=1S/C26H31NO6/c1-16-7-5-9-19-24(2,11-10-17-13-20(28)32-15-17)26(4,31)22(21(29)25(16,19)3)33-23(30)18-8-6-12-27-14-18/h6-8,10-14,19,21-22,29,31H,5,9,15H2,1-4H3/t19-,21+,22+,24-,25+,26+/m1/s1. The van der Waals surface area contributed by atoms with Crippen LogP contribution in [0.2, 0.25) is 0 Å². The van der Waals surface area contributed by atoms with E-state index in [2.05, 4.69) is 11.1 Å². The number of allylic oxidation sites excluding steroid dienone is 1. The molecule has 2 heterocycles. The number of hydrogen-bond acceptors (Lipinski definition) is 7. The van der Waals surface area contributed by atoms with Crippen LogP contribution in [0.1, 0.15) is 50.9 Å². The molecule has 33 heavy (non-hydrogen) atoms. The van der Waals surface area contributed by atoms with Gasteiger partial charge in [0.2, 0.25) is 0 Å². The van der Waals surface area contributed by atoms with Crippen molar-refractivity contribution in [3.63, 3.8) is 0 Å². The molecule has 4 rings (SSSR count). The molecule has 6 atom stereocenters. The van der Waals surface area contributed by atoms with E-state index >= 15 is 0 Å². The van der Waals surface area contributed by atoms with Crippen molar-refractivity contribution < 1.29 is 29.3 Å². The molecule has 3 aliphatic rings. The first-order valence-electron chi connectivity index (χ1n) is 11.3. The number of carbonyl (C=O) groups excluding carboxylic acids is 2. The fraction of sp³-hybridized carbons (Fsp3) is 0.500. The first-order valence-corrected chi connectivity index (χ1v) is 11.3. The summed E-state index contributed by atoms with van der Waals surface area (Å²) in [4.78, 5) is 28.4. The molecule has 1 aromatic heterocycles. The summed E-state index contributed by atoms with van der Waals surface area (Å²) in [6.07, 6.45) is 9.42. The zero-order valence-corrected chi connectivity index (χ0v) is 19.4. The number of aliphatic hydroxyl groups excluding tert-OH is 1. The zero-order chi connectivity index (χ0) is 24.0. The maximum Gasteiger partial charge on any atom is 0.340 e. The van der Waals surface area contributed by atoms with Crippen molar-refractivity contribution in [1.82, 2.24) is 4.98 Å². The normalized spacial score (nSPS) is 38.4. The summed E-state index contributed by atoms with van der Waals surface area (Å²) in [5, 5.41) is 23.5. The van der Waals surface area contributed by atoms with E-state index < -0.39 is 40.6 Å². The van der Waals surface area contributed by atoms with E-state index in [0.717, 1.165) is 18.4 Å². The molecular formula is C26H31NO6. The van der Waals surface area contributed by atoms with Gasteiger partial charge in [0.05, 0.1) is 5.56 Å². The predicted octanol–water partition coefficient (Wildman–Crippen LogP) is 3.14. The van der Waals surface area contributed by atoms with Crippen molar-refractivity contribution in [2.24, 2.45) is 16.7 Å². The van der Waals surface area contributed by atoms with Gasteiger partial charge >= 0.3 is 11.9 Å². The topological polar surface area (TPSA) is 106 Å². The minimum absolute atomic E-state index is 0.136. The van der Waals surface area contributed by atoms with Gasteiger partial charge in [-0.3, -0.25) is 4.98 Å². The summed E-state index contributed by atoms with van der Waals surface area (Å²) in [6.45, 7) is 7.67. The number of rotatable bonds is 4. The molecule has 0 bridgehead atoms. The number of ether oxygens (including phenoxy) is 2. The average Bonchev–Trinajstić information content (AvgIpc) is 3.21. The average molecular weight is 454 g/mol. The first-order chi connectivity index (χ1) is 15.5. The Labute approximate surface area is 193 Å². The second kappa shape index (κ2) is 8.22. The molecule has 2 aliphatic carbocycles. The summed E-state index contributed by atoms with van der Waals surface area (Å²) in [5.74, 6) is -1.19. The van der Waals surface area contributed by atoms with Crippen LogP contribution in [-0.2, 0) is 14.3 Å². The lowest BCUT2D eigenvalue weighted by molar-refractivity contribution is -0.251. The van der Waals surface area contributed by atoms with Crippen molar-refractivity contribution >= 4 is 11.9 Å². The highest BCUT2D eigenvalue weighted by atomic mass is 16.6. The number of hydrogen-bond donors (Lipinski definition) is 2. The quantitative estimate of drug-likeness (QED) is 0.533. The van der Waals surface area contributed by atoms with Crippen LogP contribution < -0.4 is 0 Å². The lowest BCUT2D eigenvalue weighted by Crippen LogP contribution is -2.71. The number of fused-ring (bicyclic) bond motifs is 1. The van der Waals surface area contributed by atoms with Gasteiger partial charge in [0.15, 0.2) is 6.10 Å². The predicted molar refractivity (Wildman–Crippen MR) is 121 cm³/mol. The highest BCUT2D eigenvalue weighted by molar-refractivity contribution is 5.89. The highest BCUT2D eigenvalue weighted by Crippen LogP contribution is 2.62. The summed E-state index contributed by atoms with van der Waals surface area (Å²) >= 11 is 0. The van der Waals surface area contributed by atoms with Crippen LogP contribution >= 0.6 is 0 Å².